The highest BCUT2D eigenvalue weighted by atomic mass is 16.5. The Bertz CT molecular complexity index is 632. The Hall–Kier alpha value is -1.58. The number of phenols is 1. The Morgan fingerprint density at radius 1 is 1.29 bits per heavy atom. The Labute approximate surface area is 125 Å². The number of ether oxygens (including phenoxy) is 1. The second-order valence-corrected chi connectivity index (χ2v) is 6.23. The summed E-state index contributed by atoms with van der Waals surface area (Å²) in [6.07, 6.45) is 2.23. The minimum Gasteiger partial charge on any atom is -0.507 e. The molecule has 0 amide bonds. The summed E-state index contributed by atoms with van der Waals surface area (Å²) in [6.45, 7) is 5.90. The van der Waals surface area contributed by atoms with Gasteiger partial charge in [0.1, 0.15) is 5.75 Å². The van der Waals surface area contributed by atoms with Crippen LogP contribution in [0.25, 0.3) is 10.8 Å². The van der Waals surface area contributed by atoms with Crippen LogP contribution < -0.4 is 5.32 Å². The summed E-state index contributed by atoms with van der Waals surface area (Å²) < 4.78 is 5.80. The molecule has 0 aromatic heterocycles. The molecule has 1 saturated heterocycles. The fourth-order valence-corrected chi connectivity index (χ4v) is 3.08. The highest BCUT2D eigenvalue weighted by Crippen LogP contribution is 2.33. The van der Waals surface area contributed by atoms with Crippen LogP contribution in [0, 0.1) is 0 Å². The average molecular weight is 285 g/mol. The van der Waals surface area contributed by atoms with Gasteiger partial charge < -0.3 is 15.2 Å². The Balaban J connectivity index is 1.78. The molecule has 3 heteroatoms. The molecule has 2 N–H and O–H groups in total. The maximum atomic E-state index is 10.5. The van der Waals surface area contributed by atoms with Crippen molar-refractivity contribution in [3.63, 3.8) is 0 Å². The predicted octanol–water partition coefficient (Wildman–Crippen LogP) is 3.77. The first-order valence-electron chi connectivity index (χ1n) is 7.67. The lowest BCUT2D eigenvalue weighted by Gasteiger charge is -2.26. The third kappa shape index (κ3) is 2.89. The molecule has 21 heavy (non-hydrogen) atoms. The van der Waals surface area contributed by atoms with Crippen molar-refractivity contribution in [1.29, 1.82) is 0 Å². The van der Waals surface area contributed by atoms with Gasteiger partial charge in [-0.05, 0) is 32.1 Å². The third-order valence-electron chi connectivity index (χ3n) is 4.48. The van der Waals surface area contributed by atoms with E-state index in [4.69, 9.17) is 4.74 Å². The van der Waals surface area contributed by atoms with Crippen molar-refractivity contribution in [3.05, 3.63) is 42.0 Å². The molecule has 0 radical (unpaired) electrons. The van der Waals surface area contributed by atoms with E-state index in [0.717, 1.165) is 42.3 Å². The Morgan fingerprint density at radius 2 is 2.10 bits per heavy atom. The molecule has 1 aliphatic rings. The third-order valence-corrected chi connectivity index (χ3v) is 4.48. The number of fused-ring (bicyclic) bond motifs is 1. The molecule has 3 nitrogen and oxygen atoms in total. The van der Waals surface area contributed by atoms with Crippen molar-refractivity contribution in [2.24, 2.45) is 0 Å². The van der Waals surface area contributed by atoms with Crippen molar-refractivity contribution >= 4 is 10.8 Å². The van der Waals surface area contributed by atoms with Gasteiger partial charge in [0.2, 0.25) is 0 Å². The fourth-order valence-electron chi connectivity index (χ4n) is 3.08. The maximum Gasteiger partial charge on any atom is 0.128 e. The van der Waals surface area contributed by atoms with Gasteiger partial charge in [-0.1, -0.05) is 36.4 Å². The van der Waals surface area contributed by atoms with Gasteiger partial charge in [0.05, 0.1) is 5.60 Å². The molecular formula is C18H23NO2. The van der Waals surface area contributed by atoms with E-state index in [-0.39, 0.29) is 11.6 Å². The Morgan fingerprint density at radius 3 is 2.86 bits per heavy atom. The summed E-state index contributed by atoms with van der Waals surface area (Å²) in [7, 11) is 0. The van der Waals surface area contributed by atoms with Crippen molar-refractivity contribution in [1.82, 2.24) is 5.32 Å². The summed E-state index contributed by atoms with van der Waals surface area (Å²) in [5.41, 5.74) is 0.871. The molecule has 1 aliphatic heterocycles. The zero-order valence-corrected chi connectivity index (χ0v) is 12.7. The number of nitrogens with one attached hydrogen (secondary N) is 1. The van der Waals surface area contributed by atoms with Crippen molar-refractivity contribution < 1.29 is 9.84 Å². The number of hydrogen-bond acceptors (Lipinski definition) is 3. The maximum absolute atomic E-state index is 10.5. The molecule has 2 aromatic carbocycles. The van der Waals surface area contributed by atoms with Crippen LogP contribution in [0.5, 0.6) is 5.75 Å². The summed E-state index contributed by atoms with van der Waals surface area (Å²) >= 11 is 0. The van der Waals surface area contributed by atoms with Gasteiger partial charge in [0.15, 0.2) is 0 Å². The molecule has 2 atom stereocenters. The normalized spacial score (nSPS) is 23.5. The van der Waals surface area contributed by atoms with Crippen LogP contribution in [0.15, 0.2) is 36.4 Å². The fraction of sp³-hybridized carbons (Fsp3) is 0.444. The van der Waals surface area contributed by atoms with E-state index >= 15 is 0 Å². The topological polar surface area (TPSA) is 41.5 Å². The van der Waals surface area contributed by atoms with Crippen molar-refractivity contribution in [2.75, 3.05) is 13.2 Å². The number of aromatic hydroxyl groups is 1. The van der Waals surface area contributed by atoms with Gasteiger partial charge in [-0.3, -0.25) is 0 Å². The quantitative estimate of drug-likeness (QED) is 0.898. The van der Waals surface area contributed by atoms with E-state index in [1.54, 1.807) is 0 Å². The van der Waals surface area contributed by atoms with Crippen LogP contribution in [-0.4, -0.2) is 23.9 Å². The molecule has 2 unspecified atom stereocenters. The largest absolute Gasteiger partial charge is 0.507 e. The zero-order valence-electron chi connectivity index (χ0n) is 12.7. The highest BCUT2D eigenvalue weighted by Gasteiger charge is 2.30. The highest BCUT2D eigenvalue weighted by molar-refractivity contribution is 5.89. The SMILES string of the molecule is CC(NCC1(C)CCCO1)c1ccc2ccccc2c1O. The minimum atomic E-state index is -0.0687. The first-order chi connectivity index (χ1) is 10.1. The molecule has 0 bridgehead atoms. The molecule has 0 saturated carbocycles. The molecule has 0 aliphatic carbocycles. The van der Waals surface area contributed by atoms with Gasteiger partial charge >= 0.3 is 0 Å². The van der Waals surface area contributed by atoms with E-state index < -0.39 is 0 Å². The molecule has 1 heterocycles. The minimum absolute atomic E-state index is 0.0687. The number of phenolic OH excluding ortho intramolecular Hbond substituents is 1. The van der Waals surface area contributed by atoms with E-state index in [1.165, 1.54) is 0 Å². The van der Waals surface area contributed by atoms with Crippen LogP contribution in [0.1, 0.15) is 38.3 Å². The average Bonchev–Trinajstić information content (AvgIpc) is 2.93. The molecule has 112 valence electrons. The summed E-state index contributed by atoms with van der Waals surface area (Å²) in [4.78, 5) is 0. The van der Waals surface area contributed by atoms with E-state index in [9.17, 15) is 5.11 Å². The van der Waals surface area contributed by atoms with Crippen LogP contribution in [0.4, 0.5) is 0 Å². The second kappa shape index (κ2) is 5.66. The van der Waals surface area contributed by atoms with Gasteiger partial charge in [0, 0.05) is 30.1 Å². The number of benzene rings is 2. The van der Waals surface area contributed by atoms with Gasteiger partial charge in [-0.25, -0.2) is 0 Å². The smallest absolute Gasteiger partial charge is 0.128 e. The van der Waals surface area contributed by atoms with Gasteiger partial charge in [0.25, 0.3) is 0 Å². The summed E-state index contributed by atoms with van der Waals surface area (Å²) in [6, 6.07) is 12.1. The van der Waals surface area contributed by atoms with Crippen LogP contribution in [0.3, 0.4) is 0 Å². The van der Waals surface area contributed by atoms with Gasteiger partial charge in [-0.15, -0.1) is 0 Å². The van der Waals surface area contributed by atoms with E-state index in [0.29, 0.717) is 5.75 Å². The molecule has 1 fully saturated rings. The van der Waals surface area contributed by atoms with Crippen LogP contribution in [0.2, 0.25) is 0 Å². The van der Waals surface area contributed by atoms with Crippen LogP contribution >= 0.6 is 0 Å². The second-order valence-electron chi connectivity index (χ2n) is 6.23. The summed E-state index contributed by atoms with van der Waals surface area (Å²) in [5.74, 6) is 0.380. The van der Waals surface area contributed by atoms with Crippen molar-refractivity contribution in [3.8, 4) is 5.75 Å². The number of hydrogen-bond donors (Lipinski definition) is 2. The first-order valence-corrected chi connectivity index (χ1v) is 7.67. The lowest BCUT2D eigenvalue weighted by atomic mass is 9.99. The first kappa shape index (κ1) is 14.4. The standard InChI is InChI=1S/C18H23NO2/c1-13(19-12-18(2)10-5-11-21-18)15-9-8-14-6-3-4-7-16(14)17(15)20/h3-4,6-9,13,19-20H,5,10-12H2,1-2H3. The molecule has 3 rings (SSSR count). The lowest BCUT2D eigenvalue weighted by molar-refractivity contribution is 0.0190. The van der Waals surface area contributed by atoms with Gasteiger partial charge in [-0.2, -0.15) is 0 Å². The summed E-state index contributed by atoms with van der Waals surface area (Å²) in [5, 5.41) is 16.0. The van der Waals surface area contributed by atoms with E-state index in [2.05, 4.69) is 25.2 Å². The lowest BCUT2D eigenvalue weighted by Crippen LogP contribution is -2.38. The predicted molar refractivity (Wildman–Crippen MR) is 85.6 cm³/mol. The molecule has 2 aromatic rings. The zero-order chi connectivity index (χ0) is 14.9. The monoisotopic (exact) mass is 285 g/mol. The van der Waals surface area contributed by atoms with Crippen LogP contribution in [-0.2, 0) is 4.74 Å². The molecule has 0 spiro atoms. The Kier molecular flexibility index (Phi) is 3.87. The molecular weight excluding hydrogens is 262 g/mol. The van der Waals surface area contributed by atoms with E-state index in [1.807, 2.05) is 30.3 Å². The number of rotatable bonds is 4. The van der Waals surface area contributed by atoms with Crippen molar-refractivity contribution in [2.45, 2.75) is 38.3 Å².